The average molecular weight is 460 g/mol. The molecule has 0 bridgehead atoms. The largest absolute Gasteiger partial charge is 0.454 e. The van der Waals surface area contributed by atoms with Crippen LogP contribution in [-0.4, -0.2) is 40.9 Å². The van der Waals surface area contributed by atoms with Crippen molar-refractivity contribution < 1.29 is 19.1 Å². The minimum Gasteiger partial charge on any atom is -0.454 e. The molecule has 1 atom stereocenters. The Morgan fingerprint density at radius 3 is 2.87 bits per heavy atom. The van der Waals surface area contributed by atoms with Crippen molar-refractivity contribution in [3.8, 4) is 0 Å². The molecule has 0 radical (unpaired) electrons. The Labute approximate surface area is 190 Å². The number of nitrogens with zero attached hydrogens (tertiary/aromatic N) is 2. The van der Waals surface area contributed by atoms with Crippen LogP contribution in [0.2, 0.25) is 5.02 Å². The van der Waals surface area contributed by atoms with E-state index in [1.54, 1.807) is 18.2 Å². The Bertz CT molecular complexity index is 1000. The van der Waals surface area contributed by atoms with Crippen LogP contribution in [-0.2, 0) is 25.6 Å². The first-order valence-corrected chi connectivity index (χ1v) is 10.9. The van der Waals surface area contributed by atoms with Crippen LogP contribution in [0.1, 0.15) is 31.2 Å². The van der Waals surface area contributed by atoms with E-state index >= 15 is 0 Å². The number of hydrogen-bond acceptors (Lipinski definition) is 5. The molecule has 162 valence electrons. The number of unbranched alkanes of at least 4 members (excludes halogenated alkanes) is 2. The predicted octanol–water partition coefficient (Wildman–Crippen LogP) is 3.49. The van der Waals surface area contributed by atoms with Crippen molar-refractivity contribution in [2.75, 3.05) is 13.3 Å². The summed E-state index contributed by atoms with van der Waals surface area (Å²) in [5, 5.41) is 3.79. The SMILES string of the molecule is O=C(CCCCCN1C(=O)C2C=C3OCOC3=CC2=NC1=S)NCc1ccccc1Cl. The molecule has 1 N–H and O–H groups in total. The van der Waals surface area contributed by atoms with Gasteiger partial charge >= 0.3 is 0 Å². The van der Waals surface area contributed by atoms with Gasteiger partial charge in [-0.05, 0) is 42.8 Å². The topological polar surface area (TPSA) is 80.2 Å². The summed E-state index contributed by atoms with van der Waals surface area (Å²) in [5.41, 5.74) is 1.48. The highest BCUT2D eigenvalue weighted by Crippen LogP contribution is 2.31. The fourth-order valence-corrected chi connectivity index (χ4v) is 4.09. The monoisotopic (exact) mass is 459 g/mol. The van der Waals surface area contributed by atoms with E-state index in [1.165, 1.54) is 4.90 Å². The number of ether oxygens (including phenoxy) is 2. The Kier molecular flexibility index (Phi) is 6.67. The summed E-state index contributed by atoms with van der Waals surface area (Å²) < 4.78 is 10.7. The minimum absolute atomic E-state index is 0.0195. The number of hydrogen-bond donors (Lipinski definition) is 1. The van der Waals surface area contributed by atoms with E-state index in [2.05, 4.69) is 10.3 Å². The first-order chi connectivity index (χ1) is 15.0. The van der Waals surface area contributed by atoms with Gasteiger partial charge in [0.2, 0.25) is 23.7 Å². The molecule has 9 heteroatoms. The maximum absolute atomic E-state index is 12.9. The Morgan fingerprint density at radius 2 is 2.03 bits per heavy atom. The highest BCUT2D eigenvalue weighted by atomic mass is 35.5. The molecule has 1 aliphatic carbocycles. The van der Waals surface area contributed by atoms with Gasteiger partial charge in [-0.15, -0.1) is 0 Å². The fourth-order valence-electron chi connectivity index (χ4n) is 3.60. The number of nitrogens with one attached hydrogen (secondary N) is 1. The normalized spacial score (nSPS) is 19.5. The van der Waals surface area contributed by atoms with E-state index in [4.69, 9.17) is 33.3 Å². The number of carbonyl (C=O) groups is 2. The lowest BCUT2D eigenvalue weighted by atomic mass is 9.93. The summed E-state index contributed by atoms with van der Waals surface area (Å²) in [5.74, 6) is 0.544. The molecule has 2 aliphatic heterocycles. The first-order valence-electron chi connectivity index (χ1n) is 10.2. The zero-order chi connectivity index (χ0) is 21.8. The van der Waals surface area contributed by atoms with Gasteiger partial charge in [0.25, 0.3) is 0 Å². The number of thiocarbonyl (C=S) groups is 1. The van der Waals surface area contributed by atoms with Crippen LogP contribution in [0.4, 0.5) is 0 Å². The Balaban J connectivity index is 1.20. The highest BCUT2D eigenvalue weighted by Gasteiger charge is 2.38. The van der Waals surface area contributed by atoms with E-state index in [-0.39, 0.29) is 23.7 Å². The summed E-state index contributed by atoms with van der Waals surface area (Å²) in [4.78, 5) is 30.9. The van der Waals surface area contributed by atoms with Crippen LogP contribution >= 0.6 is 23.8 Å². The lowest BCUT2D eigenvalue weighted by molar-refractivity contribution is -0.128. The smallest absolute Gasteiger partial charge is 0.241 e. The van der Waals surface area contributed by atoms with Crippen LogP contribution < -0.4 is 5.32 Å². The van der Waals surface area contributed by atoms with Gasteiger partial charge in [0.15, 0.2) is 11.5 Å². The second kappa shape index (κ2) is 9.62. The molecule has 0 spiro atoms. The number of allylic oxidation sites excluding steroid dienone is 1. The number of carbonyl (C=O) groups excluding carboxylic acids is 2. The molecule has 1 aromatic carbocycles. The Morgan fingerprint density at radius 1 is 1.23 bits per heavy atom. The number of aliphatic imine (C=N–C) groups is 1. The highest BCUT2D eigenvalue weighted by molar-refractivity contribution is 7.80. The van der Waals surface area contributed by atoms with Crippen LogP contribution in [0.5, 0.6) is 0 Å². The van der Waals surface area contributed by atoms with E-state index < -0.39 is 5.92 Å². The molecule has 2 amide bonds. The molecule has 2 heterocycles. The van der Waals surface area contributed by atoms with Gasteiger partial charge in [-0.2, -0.15) is 0 Å². The molecule has 1 fully saturated rings. The summed E-state index contributed by atoms with van der Waals surface area (Å²) in [6, 6.07) is 7.43. The fraction of sp³-hybridized carbons (Fsp3) is 0.364. The third-order valence-electron chi connectivity index (χ3n) is 5.29. The number of benzene rings is 1. The molecule has 0 saturated carbocycles. The van der Waals surface area contributed by atoms with Gasteiger partial charge in [-0.1, -0.05) is 36.2 Å². The van der Waals surface area contributed by atoms with Gasteiger partial charge < -0.3 is 14.8 Å². The molecule has 4 rings (SSSR count). The first kappa shape index (κ1) is 21.5. The van der Waals surface area contributed by atoms with Gasteiger partial charge in [-0.25, -0.2) is 4.99 Å². The molecule has 7 nitrogen and oxygen atoms in total. The van der Waals surface area contributed by atoms with Crippen molar-refractivity contribution in [2.24, 2.45) is 10.9 Å². The maximum Gasteiger partial charge on any atom is 0.241 e. The number of fused-ring (bicyclic) bond motifs is 2. The second-order valence-electron chi connectivity index (χ2n) is 7.41. The molecular formula is C22H22ClN3O4S. The lowest BCUT2D eigenvalue weighted by Gasteiger charge is -2.30. The average Bonchev–Trinajstić information content (AvgIpc) is 3.21. The molecule has 31 heavy (non-hydrogen) atoms. The maximum atomic E-state index is 12.9. The summed E-state index contributed by atoms with van der Waals surface area (Å²) >= 11 is 11.4. The number of rotatable bonds is 8. The predicted molar refractivity (Wildman–Crippen MR) is 120 cm³/mol. The number of amides is 2. The minimum atomic E-state index is -0.497. The molecule has 0 aromatic heterocycles. The molecule has 1 unspecified atom stereocenters. The summed E-state index contributed by atoms with van der Waals surface area (Å²) in [7, 11) is 0. The second-order valence-corrected chi connectivity index (χ2v) is 8.18. The van der Waals surface area contributed by atoms with Crippen molar-refractivity contribution in [3.05, 3.63) is 58.5 Å². The van der Waals surface area contributed by atoms with Crippen molar-refractivity contribution in [3.63, 3.8) is 0 Å². The molecule has 1 aromatic rings. The van der Waals surface area contributed by atoms with Crippen LogP contribution in [0.15, 0.2) is 52.9 Å². The molecular weight excluding hydrogens is 438 g/mol. The zero-order valence-corrected chi connectivity index (χ0v) is 18.4. The van der Waals surface area contributed by atoms with Gasteiger partial charge in [0.1, 0.15) is 5.92 Å². The van der Waals surface area contributed by atoms with Crippen molar-refractivity contribution in [1.29, 1.82) is 0 Å². The van der Waals surface area contributed by atoms with Gasteiger partial charge in [0, 0.05) is 30.6 Å². The van der Waals surface area contributed by atoms with E-state index in [9.17, 15) is 9.59 Å². The van der Waals surface area contributed by atoms with Crippen molar-refractivity contribution >= 4 is 46.5 Å². The molecule has 1 saturated heterocycles. The third-order valence-corrected chi connectivity index (χ3v) is 5.97. The third kappa shape index (κ3) is 4.97. The summed E-state index contributed by atoms with van der Waals surface area (Å²) in [6.07, 6.45) is 6.14. The van der Waals surface area contributed by atoms with Crippen LogP contribution in [0.25, 0.3) is 0 Å². The summed E-state index contributed by atoms with van der Waals surface area (Å²) in [6.45, 7) is 1.03. The van der Waals surface area contributed by atoms with Crippen molar-refractivity contribution in [2.45, 2.75) is 32.2 Å². The molecule has 3 aliphatic rings. The van der Waals surface area contributed by atoms with E-state index in [0.29, 0.717) is 41.8 Å². The van der Waals surface area contributed by atoms with E-state index in [1.807, 2.05) is 18.2 Å². The standard InChI is InChI=1S/C22H22ClN3O4S/c23-16-7-4-3-6-14(16)12-24-20(27)8-2-1-5-9-26-21(28)15-10-18-19(30-13-29-18)11-17(15)25-22(26)31/h3-4,6-7,10-11,15H,1-2,5,8-9,12-13H2,(H,24,27). The van der Waals surface area contributed by atoms with Gasteiger partial charge in [-0.3, -0.25) is 14.5 Å². The Hall–Kier alpha value is -2.71. The van der Waals surface area contributed by atoms with Crippen molar-refractivity contribution in [1.82, 2.24) is 10.2 Å². The van der Waals surface area contributed by atoms with Crippen LogP contribution in [0, 0.1) is 5.92 Å². The quantitative estimate of drug-likeness (QED) is 0.475. The zero-order valence-electron chi connectivity index (χ0n) is 16.8. The van der Waals surface area contributed by atoms with E-state index in [0.717, 1.165) is 24.8 Å². The van der Waals surface area contributed by atoms with Crippen LogP contribution in [0.3, 0.4) is 0 Å². The lowest BCUT2D eigenvalue weighted by Crippen LogP contribution is -2.46. The number of halogens is 1. The van der Waals surface area contributed by atoms with Gasteiger partial charge in [0.05, 0.1) is 5.71 Å².